The number of aromatic nitrogens is 3. The van der Waals surface area contributed by atoms with E-state index in [0.29, 0.717) is 5.13 Å². The number of benzene rings is 2. The van der Waals surface area contributed by atoms with E-state index in [1.165, 1.54) is 45.2 Å². The number of thioether (sulfide) groups is 1. The van der Waals surface area contributed by atoms with E-state index in [1.54, 1.807) is 0 Å². The number of hydrogen-bond donors (Lipinski definition) is 1. The molecule has 1 unspecified atom stereocenters. The monoisotopic (exact) mass is 412 g/mol. The number of rotatable bonds is 5. The van der Waals surface area contributed by atoms with E-state index in [1.807, 2.05) is 31.4 Å². The Balaban J connectivity index is 1.46. The van der Waals surface area contributed by atoms with E-state index in [-0.39, 0.29) is 11.2 Å². The van der Waals surface area contributed by atoms with Crippen LogP contribution in [0.4, 0.5) is 5.13 Å². The SMILES string of the molecule is Cc1nnc(SC(C)C(=O)Nc2nc(-c3ccc4ccccc4c3)cs2)s1. The smallest absolute Gasteiger partial charge is 0.239 e. The zero-order valence-electron chi connectivity index (χ0n) is 14.7. The van der Waals surface area contributed by atoms with Gasteiger partial charge >= 0.3 is 0 Å². The van der Waals surface area contributed by atoms with Crippen molar-refractivity contribution in [3.63, 3.8) is 0 Å². The Labute approximate surface area is 168 Å². The van der Waals surface area contributed by atoms with Crippen molar-refractivity contribution >= 4 is 56.2 Å². The van der Waals surface area contributed by atoms with Crippen molar-refractivity contribution < 1.29 is 4.79 Å². The minimum absolute atomic E-state index is 0.0905. The van der Waals surface area contributed by atoms with Crippen LogP contribution in [0.25, 0.3) is 22.0 Å². The third kappa shape index (κ3) is 4.18. The van der Waals surface area contributed by atoms with Gasteiger partial charge in [0.2, 0.25) is 5.91 Å². The minimum atomic E-state index is -0.273. The second kappa shape index (κ2) is 7.75. The second-order valence-corrected chi connectivity index (χ2v) is 9.56. The van der Waals surface area contributed by atoms with Gasteiger partial charge in [0.15, 0.2) is 9.47 Å². The van der Waals surface area contributed by atoms with Gasteiger partial charge in [-0.3, -0.25) is 4.79 Å². The Hall–Kier alpha value is -2.29. The molecule has 2 heterocycles. The van der Waals surface area contributed by atoms with Crippen molar-refractivity contribution in [2.45, 2.75) is 23.4 Å². The summed E-state index contributed by atoms with van der Waals surface area (Å²) >= 11 is 4.32. The average molecular weight is 413 g/mol. The summed E-state index contributed by atoms with van der Waals surface area (Å²) in [6.45, 7) is 3.75. The Morgan fingerprint density at radius 1 is 1.15 bits per heavy atom. The van der Waals surface area contributed by atoms with Crippen LogP contribution in [0.3, 0.4) is 0 Å². The fourth-order valence-corrected chi connectivity index (χ4v) is 5.23. The lowest BCUT2D eigenvalue weighted by Gasteiger charge is -2.07. The standard InChI is InChI=1S/C19H16N4OS3/c1-11(26-19-23-22-12(2)27-19)17(24)21-18-20-16(10-25-18)15-8-7-13-5-3-4-6-14(13)9-15/h3-11H,1-2H3,(H,20,21,24). The molecule has 0 aliphatic carbocycles. The molecule has 0 saturated heterocycles. The lowest BCUT2D eigenvalue weighted by Crippen LogP contribution is -2.22. The van der Waals surface area contributed by atoms with Gasteiger partial charge in [0.25, 0.3) is 0 Å². The Morgan fingerprint density at radius 2 is 1.96 bits per heavy atom. The predicted octanol–water partition coefficient (Wildman–Crippen LogP) is 5.24. The summed E-state index contributed by atoms with van der Waals surface area (Å²) < 4.78 is 0.797. The van der Waals surface area contributed by atoms with Crippen LogP contribution in [0.15, 0.2) is 52.2 Å². The number of hydrogen-bond acceptors (Lipinski definition) is 7. The van der Waals surface area contributed by atoms with Crippen LogP contribution in [0.2, 0.25) is 0 Å². The third-order valence-corrected chi connectivity index (χ3v) is 6.71. The number of carbonyl (C=O) groups excluding carboxylic acids is 1. The summed E-state index contributed by atoms with van der Waals surface area (Å²) in [5.41, 5.74) is 1.90. The molecule has 2 aromatic carbocycles. The molecule has 8 heteroatoms. The van der Waals surface area contributed by atoms with Crippen LogP contribution >= 0.6 is 34.4 Å². The highest BCUT2D eigenvalue weighted by Crippen LogP contribution is 2.30. The van der Waals surface area contributed by atoms with Crippen molar-refractivity contribution in [3.8, 4) is 11.3 Å². The van der Waals surface area contributed by atoms with E-state index in [4.69, 9.17) is 0 Å². The third-order valence-electron chi connectivity index (χ3n) is 3.93. The van der Waals surface area contributed by atoms with Crippen LogP contribution in [0, 0.1) is 6.92 Å². The summed E-state index contributed by atoms with van der Waals surface area (Å²) in [6.07, 6.45) is 0. The largest absolute Gasteiger partial charge is 0.301 e. The zero-order chi connectivity index (χ0) is 18.8. The molecule has 0 fully saturated rings. The minimum Gasteiger partial charge on any atom is -0.301 e. The molecule has 136 valence electrons. The van der Waals surface area contributed by atoms with E-state index < -0.39 is 0 Å². The molecule has 4 rings (SSSR count). The number of nitrogens with one attached hydrogen (secondary N) is 1. The summed E-state index contributed by atoms with van der Waals surface area (Å²) in [4.78, 5) is 17.0. The van der Waals surface area contributed by atoms with Gasteiger partial charge in [0.1, 0.15) is 5.01 Å². The number of nitrogens with zero attached hydrogens (tertiary/aromatic N) is 3. The van der Waals surface area contributed by atoms with Crippen molar-refractivity contribution in [1.29, 1.82) is 0 Å². The summed E-state index contributed by atoms with van der Waals surface area (Å²) in [6, 6.07) is 14.5. The summed E-state index contributed by atoms with van der Waals surface area (Å²) in [5, 5.41) is 16.5. The number of thiazole rings is 1. The molecule has 0 aliphatic heterocycles. The van der Waals surface area contributed by atoms with Crippen LogP contribution in [-0.4, -0.2) is 26.3 Å². The van der Waals surface area contributed by atoms with Gasteiger partial charge < -0.3 is 5.32 Å². The van der Waals surface area contributed by atoms with Crippen LogP contribution in [-0.2, 0) is 4.79 Å². The first-order valence-electron chi connectivity index (χ1n) is 8.31. The number of anilines is 1. The maximum Gasteiger partial charge on any atom is 0.239 e. The van der Waals surface area contributed by atoms with Gasteiger partial charge in [0.05, 0.1) is 10.9 Å². The van der Waals surface area contributed by atoms with Crippen molar-refractivity contribution in [3.05, 3.63) is 52.9 Å². The summed E-state index contributed by atoms with van der Waals surface area (Å²) in [5.74, 6) is -0.0905. The molecule has 0 saturated carbocycles. The maximum absolute atomic E-state index is 12.4. The normalized spacial score (nSPS) is 12.2. The molecule has 4 aromatic rings. The molecule has 2 aromatic heterocycles. The molecular weight excluding hydrogens is 396 g/mol. The molecule has 1 amide bonds. The summed E-state index contributed by atoms with van der Waals surface area (Å²) in [7, 11) is 0. The molecular formula is C19H16N4OS3. The maximum atomic E-state index is 12.4. The fraction of sp³-hybridized carbons (Fsp3) is 0.158. The van der Waals surface area contributed by atoms with Crippen LogP contribution in [0.1, 0.15) is 11.9 Å². The first-order valence-corrected chi connectivity index (χ1v) is 10.9. The second-order valence-electron chi connectivity index (χ2n) is 5.94. The Morgan fingerprint density at radius 3 is 2.74 bits per heavy atom. The van der Waals surface area contributed by atoms with Crippen molar-refractivity contribution in [2.75, 3.05) is 5.32 Å². The lowest BCUT2D eigenvalue weighted by molar-refractivity contribution is -0.115. The molecule has 1 atom stereocenters. The van der Waals surface area contributed by atoms with Gasteiger partial charge in [-0.15, -0.1) is 21.5 Å². The first kappa shape index (κ1) is 18.1. The van der Waals surface area contributed by atoms with Gasteiger partial charge in [-0.25, -0.2) is 4.98 Å². The lowest BCUT2D eigenvalue weighted by atomic mass is 10.1. The van der Waals surface area contributed by atoms with Crippen LogP contribution < -0.4 is 5.32 Å². The van der Waals surface area contributed by atoms with E-state index in [0.717, 1.165) is 20.6 Å². The number of amides is 1. The van der Waals surface area contributed by atoms with Gasteiger partial charge in [0, 0.05) is 10.9 Å². The number of aryl methyl sites for hydroxylation is 1. The number of fused-ring (bicyclic) bond motifs is 1. The zero-order valence-corrected chi connectivity index (χ0v) is 17.1. The molecule has 5 nitrogen and oxygen atoms in total. The van der Waals surface area contributed by atoms with Gasteiger partial charge in [-0.05, 0) is 30.7 Å². The fourth-order valence-electron chi connectivity index (χ4n) is 2.55. The van der Waals surface area contributed by atoms with E-state index in [2.05, 4.69) is 50.8 Å². The van der Waals surface area contributed by atoms with Gasteiger partial charge in [-0.1, -0.05) is 59.5 Å². The topological polar surface area (TPSA) is 67.8 Å². The number of carbonyl (C=O) groups is 1. The molecule has 0 spiro atoms. The highest BCUT2D eigenvalue weighted by Gasteiger charge is 2.18. The molecule has 27 heavy (non-hydrogen) atoms. The molecule has 0 bridgehead atoms. The first-order chi connectivity index (χ1) is 13.1. The highest BCUT2D eigenvalue weighted by molar-refractivity contribution is 8.02. The Kier molecular flexibility index (Phi) is 5.20. The molecule has 0 aliphatic rings. The highest BCUT2D eigenvalue weighted by atomic mass is 32.2. The molecule has 1 N–H and O–H groups in total. The van der Waals surface area contributed by atoms with Crippen molar-refractivity contribution in [2.24, 2.45) is 0 Å². The van der Waals surface area contributed by atoms with Crippen LogP contribution in [0.5, 0.6) is 0 Å². The predicted molar refractivity (Wildman–Crippen MR) is 114 cm³/mol. The quantitative estimate of drug-likeness (QED) is 0.454. The average Bonchev–Trinajstić information content (AvgIpc) is 3.30. The van der Waals surface area contributed by atoms with Crippen molar-refractivity contribution in [1.82, 2.24) is 15.2 Å². The van der Waals surface area contributed by atoms with Gasteiger partial charge in [-0.2, -0.15) is 0 Å². The van der Waals surface area contributed by atoms with E-state index >= 15 is 0 Å². The Bertz CT molecular complexity index is 1100. The molecule has 0 radical (unpaired) electrons. The van der Waals surface area contributed by atoms with E-state index in [9.17, 15) is 4.79 Å².